The molecule has 8 heteroatoms. The van der Waals surface area contributed by atoms with Gasteiger partial charge in [-0.05, 0) is 37.0 Å². The first kappa shape index (κ1) is 13.5. The van der Waals surface area contributed by atoms with Gasteiger partial charge >= 0.3 is 0 Å². The second-order valence-corrected chi connectivity index (χ2v) is 7.25. The van der Waals surface area contributed by atoms with Crippen LogP contribution < -0.4 is 0 Å². The van der Waals surface area contributed by atoms with E-state index in [2.05, 4.69) is 15.2 Å². The monoisotopic (exact) mass is 312 g/mol. The number of halogens is 1. The molecule has 0 spiro atoms. The molecule has 0 bridgehead atoms. The Balaban J connectivity index is 1.85. The average Bonchev–Trinajstić information content (AvgIpc) is 3.16. The van der Waals surface area contributed by atoms with Crippen molar-refractivity contribution in [1.82, 2.24) is 19.7 Å². The SMILES string of the molecule is O=S(=O)(Cl)c1nnc(CCc2ccncc2)n1C1CC1. The molecule has 2 aromatic heterocycles. The number of hydrogen-bond acceptors (Lipinski definition) is 5. The zero-order valence-electron chi connectivity index (χ0n) is 10.6. The van der Waals surface area contributed by atoms with Crippen molar-refractivity contribution in [2.45, 2.75) is 36.9 Å². The van der Waals surface area contributed by atoms with Gasteiger partial charge in [0, 0.05) is 35.5 Å². The fraction of sp³-hybridized carbons (Fsp3) is 0.417. The fourth-order valence-electron chi connectivity index (χ4n) is 2.15. The molecule has 1 aliphatic rings. The molecule has 0 amide bonds. The summed E-state index contributed by atoms with van der Waals surface area (Å²) < 4.78 is 24.7. The second kappa shape index (κ2) is 5.14. The molecule has 20 heavy (non-hydrogen) atoms. The molecule has 0 aliphatic heterocycles. The molecule has 106 valence electrons. The number of hydrogen-bond donors (Lipinski definition) is 0. The largest absolute Gasteiger partial charge is 0.298 e. The van der Waals surface area contributed by atoms with E-state index in [4.69, 9.17) is 10.7 Å². The first-order valence-electron chi connectivity index (χ1n) is 6.33. The maximum atomic E-state index is 11.5. The minimum atomic E-state index is -3.85. The number of rotatable bonds is 5. The van der Waals surface area contributed by atoms with Crippen LogP contribution in [0.1, 0.15) is 30.3 Å². The molecule has 0 unspecified atom stereocenters. The predicted octanol–water partition coefficient (Wildman–Crippen LogP) is 1.72. The Morgan fingerprint density at radius 1 is 1.20 bits per heavy atom. The third kappa shape index (κ3) is 2.83. The summed E-state index contributed by atoms with van der Waals surface area (Å²) in [5.41, 5.74) is 1.13. The molecule has 0 N–H and O–H groups in total. The fourth-order valence-corrected chi connectivity index (χ4v) is 3.09. The molecule has 1 aliphatic carbocycles. The minimum Gasteiger partial charge on any atom is -0.298 e. The van der Waals surface area contributed by atoms with Gasteiger partial charge in [-0.25, -0.2) is 8.42 Å². The van der Waals surface area contributed by atoms with Crippen LogP contribution in [0, 0.1) is 0 Å². The molecule has 6 nitrogen and oxygen atoms in total. The molecule has 1 saturated carbocycles. The zero-order valence-corrected chi connectivity index (χ0v) is 12.2. The summed E-state index contributed by atoms with van der Waals surface area (Å²) in [6, 6.07) is 4.02. The van der Waals surface area contributed by atoms with Crippen LogP contribution in [0.25, 0.3) is 0 Å². The first-order chi connectivity index (χ1) is 9.55. The summed E-state index contributed by atoms with van der Waals surface area (Å²) in [5, 5.41) is 7.60. The van der Waals surface area contributed by atoms with E-state index in [-0.39, 0.29) is 11.2 Å². The molecule has 0 aromatic carbocycles. The summed E-state index contributed by atoms with van der Waals surface area (Å²) in [4.78, 5) is 3.96. The van der Waals surface area contributed by atoms with Gasteiger partial charge in [-0.3, -0.25) is 9.55 Å². The Morgan fingerprint density at radius 2 is 1.90 bits per heavy atom. The standard InChI is InChI=1S/C12H13ClN4O2S/c13-20(18,19)12-16-15-11(17(12)10-2-3-10)4-1-9-5-7-14-8-6-9/h5-8,10H,1-4H2. The summed E-state index contributed by atoms with van der Waals surface area (Å²) in [7, 11) is 1.56. The molecule has 3 rings (SSSR count). The Morgan fingerprint density at radius 3 is 2.50 bits per heavy atom. The average molecular weight is 313 g/mol. The van der Waals surface area contributed by atoms with Crippen LogP contribution in [-0.2, 0) is 21.9 Å². The molecule has 0 radical (unpaired) electrons. The van der Waals surface area contributed by atoms with Gasteiger partial charge in [-0.2, -0.15) is 0 Å². The second-order valence-electron chi connectivity index (χ2n) is 4.79. The third-order valence-corrected chi connectivity index (χ3v) is 4.38. The summed E-state index contributed by atoms with van der Waals surface area (Å²) in [6.45, 7) is 0. The lowest BCUT2D eigenvalue weighted by Gasteiger charge is -2.07. The van der Waals surface area contributed by atoms with Crippen LogP contribution in [0.15, 0.2) is 29.7 Å². The van der Waals surface area contributed by atoms with Crippen molar-refractivity contribution in [1.29, 1.82) is 0 Å². The highest BCUT2D eigenvalue weighted by molar-refractivity contribution is 8.13. The molecular weight excluding hydrogens is 300 g/mol. The van der Waals surface area contributed by atoms with Crippen LogP contribution in [0.5, 0.6) is 0 Å². The molecule has 0 atom stereocenters. The van der Waals surface area contributed by atoms with Crippen LogP contribution in [-0.4, -0.2) is 28.2 Å². The smallest absolute Gasteiger partial charge is 0.296 e. The molecular formula is C12H13ClN4O2S. The van der Waals surface area contributed by atoms with E-state index in [1.807, 2.05) is 12.1 Å². The third-order valence-electron chi connectivity index (χ3n) is 3.25. The van der Waals surface area contributed by atoms with Gasteiger partial charge in [0.2, 0.25) is 0 Å². The van der Waals surface area contributed by atoms with E-state index in [0.717, 1.165) is 24.8 Å². The van der Waals surface area contributed by atoms with Crippen molar-refractivity contribution in [3.8, 4) is 0 Å². The van der Waals surface area contributed by atoms with Gasteiger partial charge < -0.3 is 0 Å². The Bertz CT molecular complexity index is 710. The van der Waals surface area contributed by atoms with Crippen molar-refractivity contribution in [3.63, 3.8) is 0 Å². The van der Waals surface area contributed by atoms with Crippen LogP contribution in [0.3, 0.4) is 0 Å². The number of nitrogens with zero attached hydrogens (tertiary/aromatic N) is 4. The van der Waals surface area contributed by atoms with Gasteiger partial charge in [0.1, 0.15) is 5.82 Å². The summed E-state index contributed by atoms with van der Waals surface area (Å²) in [6.07, 6.45) is 6.74. The van der Waals surface area contributed by atoms with Gasteiger partial charge in [0.25, 0.3) is 14.2 Å². The van der Waals surface area contributed by atoms with E-state index >= 15 is 0 Å². The Labute approximate surface area is 121 Å². The van der Waals surface area contributed by atoms with Gasteiger partial charge in [0.05, 0.1) is 0 Å². The lowest BCUT2D eigenvalue weighted by molar-refractivity contribution is 0.568. The van der Waals surface area contributed by atoms with Crippen molar-refractivity contribution in [2.75, 3.05) is 0 Å². The summed E-state index contributed by atoms with van der Waals surface area (Å²) >= 11 is 0. The predicted molar refractivity (Wildman–Crippen MR) is 73.0 cm³/mol. The molecule has 2 aromatic rings. The molecule has 2 heterocycles. The maximum Gasteiger partial charge on any atom is 0.296 e. The normalized spacial score (nSPS) is 15.4. The molecule has 0 saturated heterocycles. The Kier molecular flexibility index (Phi) is 3.47. The highest BCUT2D eigenvalue weighted by Gasteiger charge is 2.33. The van der Waals surface area contributed by atoms with E-state index < -0.39 is 9.05 Å². The van der Waals surface area contributed by atoms with Crippen molar-refractivity contribution in [3.05, 3.63) is 35.9 Å². The maximum absolute atomic E-state index is 11.5. The highest BCUT2D eigenvalue weighted by atomic mass is 35.7. The van der Waals surface area contributed by atoms with Gasteiger partial charge in [-0.15, -0.1) is 10.2 Å². The van der Waals surface area contributed by atoms with Crippen molar-refractivity contribution in [2.24, 2.45) is 0 Å². The first-order valence-corrected chi connectivity index (χ1v) is 8.64. The zero-order chi connectivity index (χ0) is 14.2. The van der Waals surface area contributed by atoms with E-state index in [0.29, 0.717) is 12.2 Å². The summed E-state index contributed by atoms with van der Waals surface area (Å²) in [5.74, 6) is 0.670. The number of aromatic nitrogens is 4. The number of pyridine rings is 1. The van der Waals surface area contributed by atoms with Crippen molar-refractivity contribution < 1.29 is 8.42 Å². The number of aryl methyl sites for hydroxylation is 2. The topological polar surface area (TPSA) is 77.7 Å². The van der Waals surface area contributed by atoms with E-state index in [1.165, 1.54) is 0 Å². The Hall–Kier alpha value is -1.47. The van der Waals surface area contributed by atoms with Gasteiger partial charge in [0.15, 0.2) is 0 Å². The lowest BCUT2D eigenvalue weighted by atomic mass is 10.1. The van der Waals surface area contributed by atoms with Crippen LogP contribution in [0.4, 0.5) is 0 Å². The highest BCUT2D eigenvalue weighted by Crippen LogP contribution is 2.38. The quantitative estimate of drug-likeness (QED) is 0.786. The molecule has 1 fully saturated rings. The van der Waals surface area contributed by atoms with E-state index in [9.17, 15) is 8.42 Å². The lowest BCUT2D eigenvalue weighted by Crippen LogP contribution is -2.09. The van der Waals surface area contributed by atoms with Gasteiger partial charge in [-0.1, -0.05) is 0 Å². The van der Waals surface area contributed by atoms with Crippen molar-refractivity contribution >= 4 is 19.7 Å². The van der Waals surface area contributed by atoms with Crippen LogP contribution >= 0.6 is 10.7 Å². The van der Waals surface area contributed by atoms with E-state index in [1.54, 1.807) is 17.0 Å². The minimum absolute atomic E-state index is 0.133. The van der Waals surface area contributed by atoms with Crippen LogP contribution in [0.2, 0.25) is 0 Å².